The van der Waals surface area contributed by atoms with E-state index in [1.807, 2.05) is 30.3 Å². The highest BCUT2D eigenvalue weighted by Gasteiger charge is 2.04. The van der Waals surface area contributed by atoms with Gasteiger partial charge < -0.3 is 10.1 Å². The average molecular weight is 334 g/mol. The minimum absolute atomic E-state index is 0.176. The lowest BCUT2D eigenvalue weighted by molar-refractivity contribution is 0.300. The molecule has 25 heavy (non-hydrogen) atoms. The summed E-state index contributed by atoms with van der Waals surface area (Å²) in [6.45, 7) is 0.677. The topological polar surface area (TPSA) is 70.8 Å². The van der Waals surface area contributed by atoms with E-state index in [0.29, 0.717) is 23.7 Å². The maximum Gasteiger partial charge on any atom is 0.182 e. The zero-order chi connectivity index (χ0) is 17.5. The molecule has 2 aromatic carbocycles. The fourth-order valence-electron chi connectivity index (χ4n) is 2.22. The van der Waals surface area contributed by atoms with Crippen molar-refractivity contribution < 1.29 is 9.13 Å². The van der Waals surface area contributed by atoms with Gasteiger partial charge in [-0.05, 0) is 23.8 Å². The van der Waals surface area contributed by atoms with Gasteiger partial charge >= 0.3 is 0 Å². The highest BCUT2D eigenvalue weighted by atomic mass is 19.1. The number of benzene rings is 2. The van der Waals surface area contributed by atoms with Crippen LogP contribution in [0.1, 0.15) is 16.8 Å². The third-order valence-corrected chi connectivity index (χ3v) is 3.54. The van der Waals surface area contributed by atoms with Gasteiger partial charge in [-0.3, -0.25) is 0 Å². The number of nitriles is 1. The Balaban J connectivity index is 1.57. The molecule has 0 aliphatic heterocycles. The van der Waals surface area contributed by atoms with Gasteiger partial charge in [0.1, 0.15) is 24.2 Å². The third kappa shape index (κ3) is 4.30. The largest absolute Gasteiger partial charge is 0.489 e. The van der Waals surface area contributed by atoms with Crippen LogP contribution in [0.25, 0.3) is 0 Å². The van der Waals surface area contributed by atoms with Crippen molar-refractivity contribution in [2.24, 2.45) is 0 Å². The molecule has 0 radical (unpaired) electrons. The Labute approximate surface area is 144 Å². The molecule has 3 rings (SSSR count). The molecule has 0 aliphatic carbocycles. The highest BCUT2D eigenvalue weighted by Crippen LogP contribution is 2.16. The van der Waals surface area contributed by atoms with Gasteiger partial charge in [0.25, 0.3) is 0 Å². The first kappa shape index (κ1) is 16.4. The number of rotatable bonds is 6. The molecule has 0 saturated carbocycles. The maximum atomic E-state index is 13.6. The lowest BCUT2D eigenvalue weighted by Crippen LogP contribution is -2.04. The molecule has 6 heteroatoms. The second kappa shape index (κ2) is 7.88. The van der Waals surface area contributed by atoms with Crippen molar-refractivity contribution >= 4 is 5.82 Å². The number of nitrogens with zero attached hydrogens (tertiary/aromatic N) is 3. The molecule has 0 atom stereocenters. The van der Waals surface area contributed by atoms with Crippen molar-refractivity contribution in [1.82, 2.24) is 9.97 Å². The monoisotopic (exact) mass is 334 g/mol. The summed E-state index contributed by atoms with van der Waals surface area (Å²) >= 11 is 0. The Kier molecular flexibility index (Phi) is 5.17. The van der Waals surface area contributed by atoms with E-state index < -0.39 is 0 Å². The van der Waals surface area contributed by atoms with Crippen LogP contribution in [0.3, 0.4) is 0 Å². The third-order valence-electron chi connectivity index (χ3n) is 3.54. The van der Waals surface area contributed by atoms with Gasteiger partial charge in [-0.1, -0.05) is 30.3 Å². The van der Waals surface area contributed by atoms with E-state index in [-0.39, 0.29) is 18.1 Å². The summed E-state index contributed by atoms with van der Waals surface area (Å²) in [5.74, 6) is 0.828. The van der Waals surface area contributed by atoms with Crippen LogP contribution in [-0.4, -0.2) is 9.97 Å². The van der Waals surface area contributed by atoms with Crippen molar-refractivity contribution in [3.05, 3.63) is 83.6 Å². The molecule has 0 amide bonds. The van der Waals surface area contributed by atoms with E-state index in [1.54, 1.807) is 18.2 Å². The molecule has 0 spiro atoms. The molecule has 0 bridgehead atoms. The average Bonchev–Trinajstić information content (AvgIpc) is 2.67. The second-order valence-electron chi connectivity index (χ2n) is 5.24. The number of aromatic nitrogens is 2. The summed E-state index contributed by atoms with van der Waals surface area (Å²) in [4.78, 5) is 8.04. The number of hydrogen-bond acceptors (Lipinski definition) is 5. The molecule has 1 aromatic heterocycles. The second-order valence-corrected chi connectivity index (χ2v) is 5.24. The molecular formula is C19H15FN4O. The molecule has 124 valence electrons. The van der Waals surface area contributed by atoms with Crippen molar-refractivity contribution in [2.45, 2.75) is 13.2 Å². The van der Waals surface area contributed by atoms with Crippen molar-refractivity contribution in [3.63, 3.8) is 0 Å². The van der Waals surface area contributed by atoms with E-state index >= 15 is 0 Å². The van der Waals surface area contributed by atoms with Crippen LogP contribution >= 0.6 is 0 Å². The summed E-state index contributed by atoms with van der Waals surface area (Å²) < 4.78 is 19.2. The van der Waals surface area contributed by atoms with Crippen LogP contribution in [0.5, 0.6) is 5.75 Å². The van der Waals surface area contributed by atoms with Crippen LogP contribution < -0.4 is 10.1 Å². The number of nitrogens with one attached hydrogen (secondary N) is 1. The molecule has 3 aromatic rings. The molecular weight excluding hydrogens is 319 g/mol. The van der Waals surface area contributed by atoms with Gasteiger partial charge in [0, 0.05) is 24.5 Å². The van der Waals surface area contributed by atoms with Gasteiger partial charge in [0.2, 0.25) is 0 Å². The van der Waals surface area contributed by atoms with E-state index in [1.165, 1.54) is 18.5 Å². The smallest absolute Gasteiger partial charge is 0.182 e. The molecule has 5 nitrogen and oxygen atoms in total. The Bertz CT molecular complexity index is 890. The van der Waals surface area contributed by atoms with Crippen LogP contribution in [0.4, 0.5) is 10.2 Å². The summed E-state index contributed by atoms with van der Waals surface area (Å²) in [6, 6.07) is 16.0. The lowest BCUT2D eigenvalue weighted by Gasteiger charge is -2.09. The minimum Gasteiger partial charge on any atom is -0.489 e. The number of halogens is 1. The van der Waals surface area contributed by atoms with Crippen molar-refractivity contribution in [1.29, 1.82) is 5.26 Å². The van der Waals surface area contributed by atoms with Gasteiger partial charge in [-0.15, -0.1) is 0 Å². The van der Waals surface area contributed by atoms with E-state index in [0.717, 1.165) is 5.56 Å². The SMILES string of the molecule is N#Cc1nccnc1NCc1ccc(OCc2ccccc2F)cc1. The lowest BCUT2D eigenvalue weighted by atomic mass is 10.2. The summed E-state index contributed by atoms with van der Waals surface area (Å²) in [5.41, 5.74) is 1.76. The first-order valence-corrected chi connectivity index (χ1v) is 7.66. The first-order chi connectivity index (χ1) is 12.3. The van der Waals surface area contributed by atoms with Crippen LogP contribution in [-0.2, 0) is 13.2 Å². The maximum absolute atomic E-state index is 13.6. The summed E-state index contributed by atoms with van der Waals surface area (Å²) in [5, 5.41) is 12.1. The van der Waals surface area contributed by atoms with Crippen LogP contribution in [0.2, 0.25) is 0 Å². The highest BCUT2D eigenvalue weighted by molar-refractivity contribution is 5.47. The van der Waals surface area contributed by atoms with Gasteiger partial charge in [0.05, 0.1) is 0 Å². The Morgan fingerprint density at radius 2 is 1.80 bits per heavy atom. The molecule has 0 fully saturated rings. The van der Waals surface area contributed by atoms with Crippen molar-refractivity contribution in [2.75, 3.05) is 5.32 Å². The summed E-state index contributed by atoms with van der Waals surface area (Å²) in [7, 11) is 0. The first-order valence-electron chi connectivity index (χ1n) is 7.66. The fraction of sp³-hybridized carbons (Fsp3) is 0.105. The Hall–Kier alpha value is -3.46. The quantitative estimate of drug-likeness (QED) is 0.744. The van der Waals surface area contributed by atoms with E-state index in [4.69, 9.17) is 10.00 Å². The minimum atomic E-state index is -0.277. The summed E-state index contributed by atoms with van der Waals surface area (Å²) in [6.07, 6.45) is 3.01. The molecule has 0 saturated heterocycles. The zero-order valence-corrected chi connectivity index (χ0v) is 13.3. The predicted molar refractivity (Wildman–Crippen MR) is 91.2 cm³/mol. The molecule has 0 unspecified atom stereocenters. The van der Waals surface area contributed by atoms with E-state index in [9.17, 15) is 4.39 Å². The van der Waals surface area contributed by atoms with Crippen molar-refractivity contribution in [3.8, 4) is 11.8 Å². The number of hydrogen-bond donors (Lipinski definition) is 1. The van der Waals surface area contributed by atoms with Crippen LogP contribution in [0.15, 0.2) is 60.9 Å². The standard InChI is InChI=1S/C19H15FN4O/c20-17-4-2-1-3-15(17)13-25-16-7-5-14(6-8-16)12-24-19-18(11-21)22-9-10-23-19/h1-10H,12-13H2,(H,23,24). The van der Waals surface area contributed by atoms with Gasteiger partial charge in [-0.2, -0.15) is 5.26 Å². The van der Waals surface area contributed by atoms with E-state index in [2.05, 4.69) is 15.3 Å². The predicted octanol–water partition coefficient (Wildman–Crippen LogP) is 3.68. The number of anilines is 1. The van der Waals surface area contributed by atoms with Gasteiger partial charge in [0.15, 0.2) is 11.5 Å². The van der Waals surface area contributed by atoms with Crippen LogP contribution in [0, 0.1) is 17.1 Å². The Morgan fingerprint density at radius 3 is 2.56 bits per heavy atom. The molecule has 1 N–H and O–H groups in total. The molecule has 0 aliphatic rings. The fourth-order valence-corrected chi connectivity index (χ4v) is 2.22. The molecule has 1 heterocycles. The normalized spacial score (nSPS) is 10.1. The zero-order valence-electron chi connectivity index (χ0n) is 13.3. The Morgan fingerprint density at radius 1 is 1.04 bits per heavy atom. The van der Waals surface area contributed by atoms with Gasteiger partial charge in [-0.25, -0.2) is 14.4 Å². The number of ether oxygens (including phenoxy) is 1.